The van der Waals surface area contributed by atoms with Crippen LogP contribution in [0.2, 0.25) is 0 Å². The Morgan fingerprint density at radius 2 is 2.12 bits per heavy atom. The van der Waals surface area contributed by atoms with Gasteiger partial charge in [-0.3, -0.25) is 0 Å². The number of rotatable bonds is 1. The summed E-state index contributed by atoms with van der Waals surface area (Å²) in [7, 11) is 0. The van der Waals surface area contributed by atoms with Gasteiger partial charge in [-0.1, -0.05) is 12.2 Å². The maximum absolute atomic E-state index is 11.7. The van der Waals surface area contributed by atoms with Crippen molar-refractivity contribution in [1.29, 1.82) is 0 Å². The molecule has 0 aromatic carbocycles. The normalized spacial score (nSPS) is 27.8. The summed E-state index contributed by atoms with van der Waals surface area (Å²) in [5.74, 6) is 0. The number of amides is 1. The fraction of sp³-hybridized carbons (Fsp3) is 0.769. The largest absolute Gasteiger partial charge is 0.444 e. The average molecular weight is 240 g/mol. The first-order valence-corrected chi connectivity index (χ1v) is 6.28. The molecule has 2 atom stereocenters. The molecule has 0 unspecified atom stereocenters. The highest BCUT2D eigenvalue weighted by atomic mass is 16.6. The molecule has 0 heterocycles. The van der Waals surface area contributed by atoms with E-state index in [-0.39, 0.29) is 18.2 Å². The van der Waals surface area contributed by atoms with Crippen LogP contribution in [0.1, 0.15) is 46.5 Å². The molecular formula is C13H24N2O2. The molecule has 0 fully saturated rings. The van der Waals surface area contributed by atoms with E-state index in [1.807, 2.05) is 20.8 Å². The molecule has 4 heteroatoms. The van der Waals surface area contributed by atoms with E-state index in [4.69, 9.17) is 10.5 Å². The predicted octanol–water partition coefficient (Wildman–Crippen LogP) is 2.34. The first-order valence-electron chi connectivity index (χ1n) is 6.28. The molecule has 0 saturated heterocycles. The van der Waals surface area contributed by atoms with E-state index >= 15 is 0 Å². The van der Waals surface area contributed by atoms with E-state index in [9.17, 15) is 4.79 Å². The molecule has 1 aliphatic rings. The van der Waals surface area contributed by atoms with Crippen molar-refractivity contribution in [1.82, 2.24) is 5.32 Å². The number of hydrogen-bond donors (Lipinski definition) is 2. The second-order valence-electron chi connectivity index (χ2n) is 5.55. The Labute approximate surface area is 104 Å². The molecule has 0 aromatic heterocycles. The van der Waals surface area contributed by atoms with Crippen LogP contribution in [0, 0.1) is 0 Å². The van der Waals surface area contributed by atoms with Gasteiger partial charge in [0.25, 0.3) is 0 Å². The van der Waals surface area contributed by atoms with Crippen LogP contribution in [0.3, 0.4) is 0 Å². The number of carbonyl (C=O) groups is 1. The van der Waals surface area contributed by atoms with E-state index in [2.05, 4.69) is 17.5 Å². The highest BCUT2D eigenvalue weighted by Gasteiger charge is 2.23. The molecule has 1 rings (SSSR count). The highest BCUT2D eigenvalue weighted by molar-refractivity contribution is 5.68. The lowest BCUT2D eigenvalue weighted by molar-refractivity contribution is 0.0493. The average Bonchev–Trinajstić information content (AvgIpc) is 2.15. The van der Waals surface area contributed by atoms with Gasteiger partial charge in [0.15, 0.2) is 0 Å². The molecule has 4 nitrogen and oxygen atoms in total. The van der Waals surface area contributed by atoms with Crippen LogP contribution in [0.15, 0.2) is 12.2 Å². The minimum Gasteiger partial charge on any atom is -0.444 e. The fourth-order valence-electron chi connectivity index (χ4n) is 1.84. The van der Waals surface area contributed by atoms with Gasteiger partial charge in [0, 0.05) is 12.1 Å². The van der Waals surface area contributed by atoms with Crippen LogP contribution in [0.25, 0.3) is 0 Å². The summed E-state index contributed by atoms with van der Waals surface area (Å²) in [6.07, 6.45) is 7.69. The maximum Gasteiger partial charge on any atom is 0.407 e. The standard InChI is InChI=1S/C13H24N2O2/c1-13(2,3)17-12(16)15-11-9-7-5-4-6-8-10(11)14/h4,6,10-11H,5,7-9,14H2,1-3H3,(H,15,16)/b6-4+/t10-,11-/m1/s1. The molecule has 0 aromatic rings. The van der Waals surface area contributed by atoms with E-state index in [1.54, 1.807) is 0 Å². The number of alkyl carbamates (subject to hydrolysis) is 1. The minimum absolute atomic E-state index is 0.00907. The summed E-state index contributed by atoms with van der Waals surface area (Å²) in [4.78, 5) is 11.7. The summed E-state index contributed by atoms with van der Waals surface area (Å²) in [5, 5.41) is 2.87. The van der Waals surface area contributed by atoms with Gasteiger partial charge in [-0.15, -0.1) is 0 Å². The molecule has 0 aliphatic heterocycles. The summed E-state index contributed by atoms with van der Waals surface area (Å²) >= 11 is 0. The Balaban J connectivity index is 2.48. The van der Waals surface area contributed by atoms with Gasteiger partial charge in [-0.25, -0.2) is 4.79 Å². The number of nitrogens with one attached hydrogen (secondary N) is 1. The monoisotopic (exact) mass is 240 g/mol. The number of ether oxygens (including phenoxy) is 1. The second-order valence-corrected chi connectivity index (χ2v) is 5.55. The van der Waals surface area contributed by atoms with Crippen LogP contribution in [-0.2, 0) is 4.74 Å². The van der Waals surface area contributed by atoms with E-state index in [0.717, 1.165) is 25.7 Å². The molecule has 0 spiro atoms. The second kappa shape index (κ2) is 6.05. The quantitative estimate of drug-likeness (QED) is 0.691. The molecule has 0 saturated carbocycles. The van der Waals surface area contributed by atoms with Crippen molar-refractivity contribution < 1.29 is 9.53 Å². The Kier molecular flexibility index (Phi) is 5.00. The van der Waals surface area contributed by atoms with Crippen LogP contribution >= 0.6 is 0 Å². The van der Waals surface area contributed by atoms with Gasteiger partial charge < -0.3 is 15.8 Å². The minimum atomic E-state index is -0.463. The Morgan fingerprint density at radius 3 is 2.76 bits per heavy atom. The molecule has 0 radical (unpaired) electrons. The molecule has 1 amide bonds. The Bertz CT molecular complexity index is 282. The summed E-state index contributed by atoms with van der Waals surface area (Å²) in [6.45, 7) is 5.56. The number of carbonyl (C=O) groups excluding carboxylic acids is 1. The predicted molar refractivity (Wildman–Crippen MR) is 68.7 cm³/mol. The van der Waals surface area contributed by atoms with Crippen LogP contribution in [0.4, 0.5) is 4.79 Å². The maximum atomic E-state index is 11.7. The van der Waals surface area contributed by atoms with Gasteiger partial charge in [-0.05, 0) is 46.5 Å². The molecule has 0 bridgehead atoms. The Morgan fingerprint density at radius 1 is 1.41 bits per heavy atom. The molecule has 3 N–H and O–H groups in total. The van der Waals surface area contributed by atoms with Crippen molar-refractivity contribution in [3.8, 4) is 0 Å². The topological polar surface area (TPSA) is 64.3 Å². The zero-order chi connectivity index (χ0) is 12.9. The van der Waals surface area contributed by atoms with Crippen molar-refractivity contribution in [3.63, 3.8) is 0 Å². The van der Waals surface area contributed by atoms with Crippen molar-refractivity contribution in [2.24, 2.45) is 5.73 Å². The number of allylic oxidation sites excluding steroid dienone is 1. The number of nitrogens with two attached hydrogens (primary N) is 1. The smallest absolute Gasteiger partial charge is 0.407 e. The highest BCUT2D eigenvalue weighted by Crippen LogP contribution is 2.13. The van der Waals surface area contributed by atoms with Gasteiger partial charge in [0.2, 0.25) is 0 Å². The number of hydrogen-bond acceptors (Lipinski definition) is 3. The van der Waals surface area contributed by atoms with E-state index in [0.29, 0.717) is 0 Å². The third-order valence-electron chi connectivity index (χ3n) is 2.68. The van der Waals surface area contributed by atoms with E-state index in [1.165, 1.54) is 0 Å². The molecular weight excluding hydrogens is 216 g/mol. The third-order valence-corrected chi connectivity index (χ3v) is 2.68. The van der Waals surface area contributed by atoms with Crippen LogP contribution in [0.5, 0.6) is 0 Å². The summed E-state index contributed by atoms with van der Waals surface area (Å²) in [6, 6.07) is -0.0196. The zero-order valence-corrected chi connectivity index (χ0v) is 11.0. The first kappa shape index (κ1) is 14.0. The van der Waals surface area contributed by atoms with Gasteiger partial charge in [0.1, 0.15) is 5.60 Å². The fourth-order valence-corrected chi connectivity index (χ4v) is 1.84. The SMILES string of the molecule is CC(C)(C)OC(=O)N[C@@H]1CCC/C=C/C[C@H]1N. The van der Waals surface area contributed by atoms with Crippen molar-refractivity contribution in [2.75, 3.05) is 0 Å². The van der Waals surface area contributed by atoms with Crippen LogP contribution < -0.4 is 11.1 Å². The van der Waals surface area contributed by atoms with Crippen molar-refractivity contribution >= 4 is 6.09 Å². The van der Waals surface area contributed by atoms with Crippen molar-refractivity contribution in [2.45, 2.75) is 64.1 Å². The lowest BCUT2D eigenvalue weighted by atomic mass is 9.97. The molecule has 1 aliphatic carbocycles. The van der Waals surface area contributed by atoms with Gasteiger partial charge >= 0.3 is 6.09 Å². The first-order chi connectivity index (χ1) is 7.88. The van der Waals surface area contributed by atoms with Crippen molar-refractivity contribution in [3.05, 3.63) is 12.2 Å². The lowest BCUT2D eigenvalue weighted by Crippen LogP contribution is -2.49. The van der Waals surface area contributed by atoms with Gasteiger partial charge in [-0.2, -0.15) is 0 Å². The molecule has 17 heavy (non-hydrogen) atoms. The van der Waals surface area contributed by atoms with E-state index < -0.39 is 5.60 Å². The lowest BCUT2D eigenvalue weighted by Gasteiger charge is -2.27. The molecule has 98 valence electrons. The summed E-state index contributed by atoms with van der Waals surface area (Å²) < 4.78 is 5.24. The van der Waals surface area contributed by atoms with Crippen LogP contribution in [-0.4, -0.2) is 23.8 Å². The van der Waals surface area contributed by atoms with Gasteiger partial charge in [0.05, 0.1) is 0 Å². The Hall–Kier alpha value is -1.03. The summed E-state index contributed by atoms with van der Waals surface area (Å²) in [5.41, 5.74) is 5.58. The third kappa shape index (κ3) is 5.73. The zero-order valence-electron chi connectivity index (χ0n) is 11.0.